The first kappa shape index (κ1) is 47.5. The molecule has 0 aromatic rings. The number of aliphatic hydroxyl groups excluding tert-OH is 2. The van der Waals surface area contributed by atoms with Gasteiger partial charge < -0.3 is 63.6 Å². The van der Waals surface area contributed by atoms with Crippen LogP contribution in [0.4, 0.5) is 0 Å². The minimum atomic E-state index is -1.61. The smallest absolute Gasteiger partial charge is 0.326 e. The van der Waals surface area contributed by atoms with Crippen molar-refractivity contribution in [3.8, 4) is 0 Å². The van der Waals surface area contributed by atoms with Crippen molar-refractivity contribution in [2.24, 2.45) is 17.6 Å². The Kier molecular flexibility index (Phi) is 21.1. The van der Waals surface area contributed by atoms with E-state index >= 15 is 0 Å². The fraction of sp³-hybridized carbons (Fsp3) is 0.700. The first-order valence-electron chi connectivity index (χ1n) is 16.3. The number of carboxylic acid groups (broad SMARTS) is 1. The van der Waals surface area contributed by atoms with E-state index in [9.17, 15) is 58.5 Å². The number of carbonyl (C=O) groups excluding carboxylic acids is 8. The van der Waals surface area contributed by atoms with Gasteiger partial charge in [0.2, 0.25) is 47.3 Å². The van der Waals surface area contributed by atoms with Gasteiger partial charge in [-0.2, -0.15) is 12.6 Å². The molecule has 0 bridgehead atoms. The number of aliphatic carboxylic acids is 1. The van der Waals surface area contributed by atoms with Crippen molar-refractivity contribution in [2.45, 2.75) is 96.9 Å². The zero-order chi connectivity index (χ0) is 40.5. The summed E-state index contributed by atoms with van der Waals surface area (Å²) < 4.78 is 0. The van der Waals surface area contributed by atoms with Crippen molar-refractivity contribution in [3.63, 3.8) is 0 Å². The van der Waals surface area contributed by atoms with Crippen LogP contribution in [0.25, 0.3) is 0 Å². The molecule has 0 saturated carbocycles. The molecule has 0 radical (unpaired) electrons. The molecular weight excluding hydrogens is 710 g/mol. The molecule has 52 heavy (non-hydrogen) atoms. The van der Waals surface area contributed by atoms with Crippen molar-refractivity contribution in [1.29, 1.82) is 0 Å². The Hall–Kier alpha value is -4.54. The lowest BCUT2D eigenvalue weighted by Crippen LogP contribution is -2.60. The van der Waals surface area contributed by atoms with Gasteiger partial charge in [0.15, 0.2) is 0 Å². The molecule has 13 N–H and O–H groups in total. The van der Waals surface area contributed by atoms with Gasteiger partial charge in [-0.3, -0.25) is 38.4 Å². The lowest BCUT2D eigenvalue weighted by Gasteiger charge is -2.25. The van der Waals surface area contributed by atoms with Crippen molar-refractivity contribution in [2.75, 3.05) is 25.4 Å². The summed E-state index contributed by atoms with van der Waals surface area (Å²) in [6.07, 6.45) is -1.49. The average Bonchev–Trinajstić information content (AvgIpc) is 3.06. The van der Waals surface area contributed by atoms with Gasteiger partial charge in [-0.25, -0.2) is 4.79 Å². The van der Waals surface area contributed by atoms with Crippen LogP contribution in [0.15, 0.2) is 0 Å². The maximum absolute atomic E-state index is 12.9. The molecular formula is C30H53N9O12S. The van der Waals surface area contributed by atoms with Crippen LogP contribution < -0.4 is 48.3 Å². The Bertz CT molecular complexity index is 1300. The lowest BCUT2D eigenvalue weighted by atomic mass is 10.0. The fourth-order valence-electron chi connectivity index (χ4n) is 4.09. The maximum atomic E-state index is 12.9. The Morgan fingerprint density at radius 3 is 1.44 bits per heavy atom. The fourth-order valence-corrected chi connectivity index (χ4v) is 4.35. The third-order valence-electron chi connectivity index (χ3n) is 7.22. The molecule has 0 aromatic heterocycles. The van der Waals surface area contributed by atoms with Gasteiger partial charge in [0, 0.05) is 5.75 Å². The second kappa shape index (κ2) is 23.1. The molecule has 8 amide bonds. The molecule has 0 aliphatic carbocycles. The Morgan fingerprint density at radius 1 is 0.577 bits per heavy atom. The highest BCUT2D eigenvalue weighted by Crippen LogP contribution is 2.04. The van der Waals surface area contributed by atoms with Gasteiger partial charge in [-0.05, 0) is 32.6 Å². The normalized spacial score (nSPS) is 15.6. The van der Waals surface area contributed by atoms with Crippen molar-refractivity contribution >= 4 is 65.9 Å². The highest BCUT2D eigenvalue weighted by Gasteiger charge is 2.32. The summed E-state index contributed by atoms with van der Waals surface area (Å²) >= 11 is 4.04. The van der Waals surface area contributed by atoms with Crippen LogP contribution >= 0.6 is 12.6 Å². The number of hydrogen-bond acceptors (Lipinski definition) is 13. The van der Waals surface area contributed by atoms with Crippen molar-refractivity contribution < 1.29 is 58.5 Å². The van der Waals surface area contributed by atoms with Crippen LogP contribution in [-0.4, -0.2) is 142 Å². The summed E-state index contributed by atoms with van der Waals surface area (Å²) in [5, 5.41) is 47.2. The maximum Gasteiger partial charge on any atom is 0.326 e. The van der Waals surface area contributed by atoms with Gasteiger partial charge in [0.25, 0.3) is 0 Å². The predicted octanol–water partition coefficient (Wildman–Crippen LogP) is -5.81. The van der Waals surface area contributed by atoms with Gasteiger partial charge in [-0.15, -0.1) is 0 Å². The molecule has 0 unspecified atom stereocenters. The van der Waals surface area contributed by atoms with E-state index in [1.54, 1.807) is 27.7 Å². The van der Waals surface area contributed by atoms with Crippen molar-refractivity contribution in [3.05, 3.63) is 0 Å². The zero-order valence-electron chi connectivity index (χ0n) is 30.1. The number of rotatable bonds is 22. The van der Waals surface area contributed by atoms with E-state index in [2.05, 4.69) is 55.2 Å². The van der Waals surface area contributed by atoms with E-state index < -0.39 is 133 Å². The first-order chi connectivity index (χ1) is 24.1. The number of carboxylic acids is 1. The molecule has 0 aliphatic rings. The zero-order valence-corrected chi connectivity index (χ0v) is 31.0. The van der Waals surface area contributed by atoms with E-state index in [4.69, 9.17) is 5.73 Å². The average molecular weight is 764 g/mol. The molecule has 0 aromatic carbocycles. The van der Waals surface area contributed by atoms with Gasteiger partial charge >= 0.3 is 5.97 Å². The minimum absolute atomic E-state index is 0.290. The first-order valence-corrected chi connectivity index (χ1v) is 16.9. The summed E-state index contributed by atoms with van der Waals surface area (Å²) in [7, 11) is 0. The highest BCUT2D eigenvalue weighted by molar-refractivity contribution is 7.80. The summed E-state index contributed by atoms with van der Waals surface area (Å²) in [5.41, 5.74) is 5.46. The van der Waals surface area contributed by atoms with E-state index in [1.807, 2.05) is 0 Å². The number of nitrogens with one attached hydrogen (secondary N) is 8. The van der Waals surface area contributed by atoms with Crippen LogP contribution in [0, 0.1) is 11.8 Å². The van der Waals surface area contributed by atoms with Gasteiger partial charge in [-0.1, -0.05) is 27.7 Å². The number of carbonyl (C=O) groups is 9. The molecule has 0 rings (SSSR count). The summed E-state index contributed by atoms with van der Waals surface area (Å²) in [6, 6.07) is -8.92. The second-order valence-electron chi connectivity index (χ2n) is 12.6. The van der Waals surface area contributed by atoms with E-state index in [-0.39, 0.29) is 5.75 Å². The molecule has 8 atom stereocenters. The van der Waals surface area contributed by atoms with Crippen LogP contribution in [0.3, 0.4) is 0 Å². The quantitative estimate of drug-likeness (QED) is 0.0458. The molecule has 21 nitrogen and oxygen atoms in total. The summed E-state index contributed by atoms with van der Waals surface area (Å²) in [5.74, 6) is -9.34. The van der Waals surface area contributed by atoms with Crippen LogP contribution in [0.1, 0.15) is 48.5 Å². The highest BCUT2D eigenvalue weighted by atomic mass is 32.1. The molecule has 0 spiro atoms. The third-order valence-corrected chi connectivity index (χ3v) is 7.59. The van der Waals surface area contributed by atoms with E-state index in [0.717, 1.165) is 0 Å². The topological polar surface area (TPSA) is 337 Å². The summed E-state index contributed by atoms with van der Waals surface area (Å²) in [4.78, 5) is 112. The molecule has 0 aliphatic heterocycles. The second-order valence-corrected chi connectivity index (χ2v) is 13.0. The number of thiol groups is 1. The Labute approximate surface area is 306 Å². The van der Waals surface area contributed by atoms with E-state index in [0.29, 0.717) is 0 Å². The molecule has 0 saturated heterocycles. The number of hydrogen-bond donors (Lipinski definition) is 13. The molecule has 0 fully saturated rings. The van der Waals surface area contributed by atoms with Gasteiger partial charge in [0.1, 0.15) is 36.3 Å². The van der Waals surface area contributed by atoms with Crippen molar-refractivity contribution in [1.82, 2.24) is 42.5 Å². The molecule has 0 heterocycles. The summed E-state index contributed by atoms with van der Waals surface area (Å²) in [6.45, 7) is 8.06. The number of aliphatic hydroxyl groups is 2. The van der Waals surface area contributed by atoms with Gasteiger partial charge in [0.05, 0.1) is 31.8 Å². The standard InChI is InChI=1S/C30H53N9O12S/c1-12(2)21(37-26(46)17(10-40)36-24(44)14(5)31)28(48)32-9-20(43)35-18(11-52)27(47)39-23(16(7)41)29(49)33-8-19(42)34-15(6)25(45)38-22(13(3)4)30(50)51/h12-18,21-23,40-41,52H,8-11,31H2,1-7H3,(H,32,48)(H,33,49)(H,34,42)(H,35,43)(H,36,44)(H,37,46)(H,38,45)(H,39,47)(H,50,51)/t14-,15-,16+,17-,18-,21-,22-,23-/m0/s1. The monoisotopic (exact) mass is 763 g/mol. The Morgan fingerprint density at radius 2 is 1.02 bits per heavy atom. The minimum Gasteiger partial charge on any atom is -0.480 e. The predicted molar refractivity (Wildman–Crippen MR) is 187 cm³/mol. The third kappa shape index (κ3) is 16.7. The van der Waals surface area contributed by atoms with Crippen LogP contribution in [0.2, 0.25) is 0 Å². The lowest BCUT2D eigenvalue weighted by molar-refractivity contribution is -0.143. The molecule has 22 heteroatoms. The SMILES string of the molecule is CC(C)[C@H](NC(=O)[C@H](C)NC(=O)CNC(=O)[C@@H](NC(=O)[C@H](CS)NC(=O)CNC(=O)[C@@H](NC(=O)[C@H](CO)NC(=O)[C@H](C)N)C(C)C)[C@@H](C)O)C(=O)O. The number of nitrogens with two attached hydrogens (primary N) is 1. The largest absolute Gasteiger partial charge is 0.480 e. The number of amides is 8. The van der Waals surface area contributed by atoms with Crippen LogP contribution in [0.5, 0.6) is 0 Å². The molecule has 296 valence electrons. The Balaban J connectivity index is 5.21. The van der Waals surface area contributed by atoms with Crippen LogP contribution in [-0.2, 0) is 43.2 Å². The van der Waals surface area contributed by atoms with E-state index in [1.165, 1.54) is 20.8 Å².